The number of rotatable bonds is 4. The van der Waals surface area contributed by atoms with Gasteiger partial charge in [-0.2, -0.15) is 0 Å². The van der Waals surface area contributed by atoms with Crippen LogP contribution in [0.1, 0.15) is 25.5 Å². The third-order valence-corrected chi connectivity index (χ3v) is 4.35. The summed E-state index contributed by atoms with van der Waals surface area (Å²) in [6.45, 7) is 8.06. The molecule has 0 saturated carbocycles. The van der Waals surface area contributed by atoms with Crippen LogP contribution >= 0.6 is 0 Å². The van der Waals surface area contributed by atoms with Crippen LogP contribution in [0.4, 0.5) is 4.39 Å². The van der Waals surface area contributed by atoms with Crippen LogP contribution in [0.25, 0.3) is 0 Å². The lowest BCUT2D eigenvalue weighted by Gasteiger charge is -2.39. The molecule has 0 bridgehead atoms. The quantitative estimate of drug-likeness (QED) is 0.915. The molecule has 4 heteroatoms. The van der Waals surface area contributed by atoms with Crippen molar-refractivity contribution in [2.24, 2.45) is 5.92 Å². The number of hydrogen-bond donors (Lipinski definition) is 1. The van der Waals surface area contributed by atoms with Gasteiger partial charge in [-0.1, -0.05) is 25.1 Å². The summed E-state index contributed by atoms with van der Waals surface area (Å²) in [5.41, 5.74) is 0.405. The predicted octanol–water partition coefficient (Wildman–Crippen LogP) is 2.13. The van der Waals surface area contributed by atoms with Crippen molar-refractivity contribution < 1.29 is 9.50 Å². The number of halogens is 1. The van der Waals surface area contributed by atoms with Crippen LogP contribution in [0.2, 0.25) is 0 Å². The number of benzene rings is 1. The second-order valence-corrected chi connectivity index (χ2v) is 6.03. The van der Waals surface area contributed by atoms with E-state index in [-0.39, 0.29) is 11.7 Å². The Bertz CT molecular complexity index is 440. The van der Waals surface area contributed by atoms with E-state index in [1.165, 1.54) is 6.07 Å². The number of aliphatic hydroxyl groups excluding tert-OH is 1. The predicted molar refractivity (Wildman–Crippen MR) is 79.1 cm³/mol. The zero-order valence-corrected chi connectivity index (χ0v) is 12.6. The molecule has 1 heterocycles. The molecule has 0 aliphatic carbocycles. The SMILES string of the molecule is CC(CN1CCN(C)C(C)C1)C(O)c1ccccc1F. The molecule has 1 fully saturated rings. The van der Waals surface area contributed by atoms with Crippen LogP contribution in [-0.2, 0) is 0 Å². The maximum absolute atomic E-state index is 13.7. The second-order valence-electron chi connectivity index (χ2n) is 6.03. The van der Waals surface area contributed by atoms with Crippen molar-refractivity contribution in [2.45, 2.75) is 26.0 Å². The molecular formula is C16H25FN2O. The summed E-state index contributed by atoms with van der Waals surface area (Å²) in [6, 6.07) is 7.03. The Morgan fingerprint density at radius 1 is 1.35 bits per heavy atom. The Morgan fingerprint density at radius 3 is 2.70 bits per heavy atom. The fourth-order valence-electron chi connectivity index (χ4n) is 2.82. The van der Waals surface area contributed by atoms with Crippen molar-refractivity contribution in [1.82, 2.24) is 9.80 Å². The topological polar surface area (TPSA) is 26.7 Å². The van der Waals surface area contributed by atoms with E-state index in [0.717, 1.165) is 26.2 Å². The third kappa shape index (κ3) is 3.57. The zero-order chi connectivity index (χ0) is 14.7. The smallest absolute Gasteiger partial charge is 0.129 e. The van der Waals surface area contributed by atoms with Crippen molar-refractivity contribution in [3.63, 3.8) is 0 Å². The summed E-state index contributed by atoms with van der Waals surface area (Å²) in [4.78, 5) is 4.70. The van der Waals surface area contributed by atoms with E-state index < -0.39 is 6.10 Å². The van der Waals surface area contributed by atoms with Gasteiger partial charge < -0.3 is 14.9 Å². The number of likely N-dealkylation sites (N-methyl/N-ethyl adjacent to an activating group) is 1. The van der Waals surface area contributed by atoms with Gasteiger partial charge in [0.25, 0.3) is 0 Å². The van der Waals surface area contributed by atoms with Crippen molar-refractivity contribution in [2.75, 3.05) is 33.2 Å². The minimum Gasteiger partial charge on any atom is -0.388 e. The monoisotopic (exact) mass is 280 g/mol. The van der Waals surface area contributed by atoms with Gasteiger partial charge in [0, 0.05) is 37.8 Å². The van der Waals surface area contributed by atoms with Crippen LogP contribution in [0.3, 0.4) is 0 Å². The number of nitrogens with zero attached hydrogens (tertiary/aromatic N) is 2. The minimum absolute atomic E-state index is 0.0162. The van der Waals surface area contributed by atoms with Gasteiger partial charge in [-0.3, -0.25) is 0 Å². The van der Waals surface area contributed by atoms with Gasteiger partial charge in [-0.05, 0) is 26.0 Å². The van der Waals surface area contributed by atoms with Crippen LogP contribution in [-0.4, -0.2) is 54.2 Å². The highest BCUT2D eigenvalue weighted by atomic mass is 19.1. The van der Waals surface area contributed by atoms with Crippen LogP contribution in [0.15, 0.2) is 24.3 Å². The van der Waals surface area contributed by atoms with E-state index in [1.807, 2.05) is 6.92 Å². The molecule has 1 saturated heterocycles. The minimum atomic E-state index is -0.744. The van der Waals surface area contributed by atoms with Gasteiger partial charge in [0.1, 0.15) is 5.82 Å². The van der Waals surface area contributed by atoms with E-state index in [2.05, 4.69) is 23.8 Å². The van der Waals surface area contributed by atoms with E-state index in [9.17, 15) is 9.50 Å². The lowest BCUT2D eigenvalue weighted by atomic mass is 9.96. The fraction of sp³-hybridized carbons (Fsp3) is 0.625. The molecule has 2 rings (SSSR count). The molecule has 20 heavy (non-hydrogen) atoms. The van der Waals surface area contributed by atoms with Crippen LogP contribution in [0.5, 0.6) is 0 Å². The summed E-state index contributed by atoms with van der Waals surface area (Å²) in [7, 11) is 2.14. The lowest BCUT2D eigenvalue weighted by Crippen LogP contribution is -2.51. The molecule has 0 radical (unpaired) electrons. The van der Waals surface area contributed by atoms with E-state index in [0.29, 0.717) is 11.6 Å². The highest BCUT2D eigenvalue weighted by Crippen LogP contribution is 2.25. The van der Waals surface area contributed by atoms with Crippen molar-refractivity contribution in [3.8, 4) is 0 Å². The first-order chi connectivity index (χ1) is 9.49. The molecule has 3 nitrogen and oxygen atoms in total. The van der Waals surface area contributed by atoms with Gasteiger partial charge in [-0.25, -0.2) is 4.39 Å². The second kappa shape index (κ2) is 6.66. The molecule has 3 unspecified atom stereocenters. The first-order valence-electron chi connectivity index (χ1n) is 7.34. The Labute approximate surface area is 121 Å². The van der Waals surface area contributed by atoms with Crippen LogP contribution in [0, 0.1) is 11.7 Å². The Hall–Kier alpha value is -0.970. The number of hydrogen-bond acceptors (Lipinski definition) is 3. The third-order valence-electron chi connectivity index (χ3n) is 4.35. The highest BCUT2D eigenvalue weighted by molar-refractivity contribution is 5.20. The fourth-order valence-corrected chi connectivity index (χ4v) is 2.82. The van der Waals surface area contributed by atoms with Crippen molar-refractivity contribution in [1.29, 1.82) is 0 Å². The summed E-state index contributed by atoms with van der Waals surface area (Å²) in [6.07, 6.45) is -0.744. The first-order valence-corrected chi connectivity index (χ1v) is 7.34. The first kappa shape index (κ1) is 15.4. The standard InChI is InChI=1S/C16H25FN2O/c1-12(10-19-9-8-18(3)13(2)11-19)16(20)14-6-4-5-7-15(14)17/h4-7,12-13,16,20H,8-11H2,1-3H3. The van der Waals surface area contributed by atoms with Crippen LogP contribution < -0.4 is 0 Å². The molecule has 1 aliphatic rings. The Morgan fingerprint density at radius 2 is 2.05 bits per heavy atom. The van der Waals surface area contributed by atoms with Gasteiger partial charge in [0.2, 0.25) is 0 Å². The molecule has 112 valence electrons. The molecule has 0 amide bonds. The molecule has 1 aromatic rings. The molecule has 1 aromatic carbocycles. The Kier molecular flexibility index (Phi) is 5.13. The summed E-state index contributed by atoms with van der Waals surface area (Å²) < 4.78 is 13.7. The molecule has 1 N–H and O–H groups in total. The highest BCUT2D eigenvalue weighted by Gasteiger charge is 2.25. The molecular weight excluding hydrogens is 255 g/mol. The summed E-state index contributed by atoms with van der Waals surface area (Å²) in [5, 5.41) is 10.3. The number of aliphatic hydroxyl groups is 1. The molecule has 1 aliphatic heterocycles. The average molecular weight is 280 g/mol. The maximum atomic E-state index is 13.7. The van der Waals surface area contributed by atoms with Crippen molar-refractivity contribution >= 4 is 0 Å². The Balaban J connectivity index is 1.95. The number of piperazine rings is 1. The van der Waals surface area contributed by atoms with Gasteiger partial charge in [0.15, 0.2) is 0 Å². The molecule has 0 spiro atoms. The van der Waals surface area contributed by atoms with Gasteiger partial charge in [0.05, 0.1) is 6.10 Å². The summed E-state index contributed by atoms with van der Waals surface area (Å²) >= 11 is 0. The average Bonchev–Trinajstić information content (AvgIpc) is 2.42. The zero-order valence-electron chi connectivity index (χ0n) is 12.6. The van der Waals surface area contributed by atoms with Gasteiger partial charge >= 0.3 is 0 Å². The molecule has 0 aromatic heterocycles. The molecule has 3 atom stereocenters. The normalized spacial score (nSPS) is 24.6. The van der Waals surface area contributed by atoms with Gasteiger partial charge in [-0.15, -0.1) is 0 Å². The summed E-state index contributed by atoms with van der Waals surface area (Å²) in [5.74, 6) is -0.305. The van der Waals surface area contributed by atoms with Crippen molar-refractivity contribution in [3.05, 3.63) is 35.6 Å². The largest absolute Gasteiger partial charge is 0.388 e. The van der Waals surface area contributed by atoms with E-state index >= 15 is 0 Å². The van der Waals surface area contributed by atoms with E-state index in [4.69, 9.17) is 0 Å². The van der Waals surface area contributed by atoms with E-state index in [1.54, 1.807) is 18.2 Å². The lowest BCUT2D eigenvalue weighted by molar-refractivity contribution is 0.0513. The maximum Gasteiger partial charge on any atom is 0.129 e.